The summed E-state index contributed by atoms with van der Waals surface area (Å²) in [5, 5.41) is 5.91. The van der Waals surface area contributed by atoms with Gasteiger partial charge in [-0.15, -0.1) is 0 Å². The molecule has 2 heterocycles. The second-order valence-electron chi connectivity index (χ2n) is 7.22. The molecule has 28 heavy (non-hydrogen) atoms. The Morgan fingerprint density at radius 3 is 2.75 bits per heavy atom. The van der Waals surface area contributed by atoms with Gasteiger partial charge in [0.1, 0.15) is 5.76 Å². The van der Waals surface area contributed by atoms with E-state index in [1.807, 2.05) is 43.3 Å². The number of rotatable bonds is 5. The number of amides is 2. The van der Waals surface area contributed by atoms with Gasteiger partial charge in [-0.25, -0.2) is 4.79 Å². The molecule has 0 saturated carbocycles. The number of carbonyl (C=O) groups excluding carboxylic acids is 1. The second kappa shape index (κ2) is 8.31. The van der Waals surface area contributed by atoms with Gasteiger partial charge < -0.3 is 15.1 Å². The lowest BCUT2D eigenvalue weighted by Crippen LogP contribution is -2.41. The van der Waals surface area contributed by atoms with Crippen LogP contribution < -0.4 is 10.6 Å². The SMILES string of the molecule is Cc1cccc(NC(=O)NC[C@H](c2ccco2)N2CCc3ccccc3C2)c1. The summed E-state index contributed by atoms with van der Waals surface area (Å²) in [6, 6.07) is 20.0. The fourth-order valence-corrected chi connectivity index (χ4v) is 3.76. The highest BCUT2D eigenvalue weighted by atomic mass is 16.3. The Balaban J connectivity index is 1.43. The third-order valence-electron chi connectivity index (χ3n) is 5.20. The van der Waals surface area contributed by atoms with Gasteiger partial charge in [-0.1, -0.05) is 36.4 Å². The highest BCUT2D eigenvalue weighted by molar-refractivity contribution is 5.89. The van der Waals surface area contributed by atoms with E-state index in [9.17, 15) is 4.79 Å². The summed E-state index contributed by atoms with van der Waals surface area (Å²) in [5.41, 5.74) is 4.65. The van der Waals surface area contributed by atoms with Crippen LogP contribution in [0.2, 0.25) is 0 Å². The Kier molecular flexibility index (Phi) is 5.44. The molecule has 0 bridgehead atoms. The Labute approximate surface area is 165 Å². The summed E-state index contributed by atoms with van der Waals surface area (Å²) in [7, 11) is 0. The van der Waals surface area contributed by atoms with Crippen LogP contribution >= 0.6 is 0 Å². The molecule has 144 valence electrons. The first-order valence-corrected chi connectivity index (χ1v) is 9.65. The van der Waals surface area contributed by atoms with Gasteiger partial charge in [0.15, 0.2) is 0 Å². The molecule has 0 spiro atoms. The second-order valence-corrected chi connectivity index (χ2v) is 7.22. The number of hydrogen-bond donors (Lipinski definition) is 2. The first-order chi connectivity index (χ1) is 13.7. The van der Waals surface area contributed by atoms with Crippen LogP contribution in [0.3, 0.4) is 0 Å². The Hall–Kier alpha value is -3.05. The molecule has 0 unspecified atom stereocenters. The smallest absolute Gasteiger partial charge is 0.319 e. The molecule has 2 amide bonds. The predicted octanol–water partition coefficient (Wildman–Crippen LogP) is 4.51. The molecular formula is C23H25N3O2. The third kappa shape index (κ3) is 4.26. The van der Waals surface area contributed by atoms with Crippen molar-refractivity contribution in [3.05, 3.63) is 89.4 Å². The van der Waals surface area contributed by atoms with Crippen molar-refractivity contribution in [3.8, 4) is 0 Å². The maximum absolute atomic E-state index is 12.4. The molecule has 4 rings (SSSR count). The van der Waals surface area contributed by atoms with Gasteiger partial charge >= 0.3 is 6.03 Å². The van der Waals surface area contributed by atoms with Gasteiger partial charge in [-0.05, 0) is 54.3 Å². The fourth-order valence-electron chi connectivity index (χ4n) is 3.76. The van der Waals surface area contributed by atoms with Crippen molar-refractivity contribution in [2.24, 2.45) is 0 Å². The minimum atomic E-state index is -0.209. The average molecular weight is 375 g/mol. The van der Waals surface area contributed by atoms with Crippen LogP contribution in [0.15, 0.2) is 71.3 Å². The summed E-state index contributed by atoms with van der Waals surface area (Å²) in [4.78, 5) is 14.8. The van der Waals surface area contributed by atoms with E-state index in [1.54, 1.807) is 6.26 Å². The lowest BCUT2D eigenvalue weighted by Gasteiger charge is -2.34. The van der Waals surface area contributed by atoms with E-state index in [0.29, 0.717) is 6.54 Å². The van der Waals surface area contributed by atoms with E-state index in [2.05, 4.69) is 39.8 Å². The van der Waals surface area contributed by atoms with Crippen molar-refractivity contribution in [1.29, 1.82) is 0 Å². The Bertz CT molecular complexity index is 937. The van der Waals surface area contributed by atoms with Gasteiger partial charge in [0.05, 0.1) is 12.3 Å². The van der Waals surface area contributed by atoms with E-state index in [-0.39, 0.29) is 12.1 Å². The number of carbonyl (C=O) groups is 1. The number of nitrogens with one attached hydrogen (secondary N) is 2. The largest absolute Gasteiger partial charge is 0.468 e. The standard InChI is InChI=1S/C23H25N3O2/c1-17-6-4-9-20(14-17)25-23(27)24-15-21(22-10-5-13-28-22)26-12-11-18-7-2-3-8-19(18)16-26/h2-10,13-14,21H,11-12,15-16H2,1H3,(H2,24,25,27)/t21-/m1/s1. The monoisotopic (exact) mass is 375 g/mol. The maximum Gasteiger partial charge on any atom is 0.319 e. The van der Waals surface area contributed by atoms with E-state index in [4.69, 9.17) is 4.42 Å². The number of urea groups is 1. The van der Waals surface area contributed by atoms with Crippen LogP contribution in [-0.4, -0.2) is 24.0 Å². The zero-order chi connectivity index (χ0) is 19.3. The van der Waals surface area contributed by atoms with Crippen LogP contribution in [0.25, 0.3) is 0 Å². The summed E-state index contributed by atoms with van der Waals surface area (Å²) < 4.78 is 5.69. The fraction of sp³-hybridized carbons (Fsp3) is 0.261. The number of anilines is 1. The highest BCUT2D eigenvalue weighted by Gasteiger charge is 2.27. The molecule has 3 aromatic rings. The van der Waals surface area contributed by atoms with Gasteiger partial charge in [0, 0.05) is 25.3 Å². The number of hydrogen-bond acceptors (Lipinski definition) is 3. The molecule has 1 aliphatic rings. The lowest BCUT2D eigenvalue weighted by molar-refractivity contribution is 0.156. The van der Waals surface area contributed by atoms with Gasteiger partial charge in [0.25, 0.3) is 0 Å². The van der Waals surface area contributed by atoms with Crippen molar-refractivity contribution in [2.75, 3.05) is 18.4 Å². The van der Waals surface area contributed by atoms with Gasteiger partial charge in [-0.3, -0.25) is 4.90 Å². The molecule has 1 atom stereocenters. The van der Waals surface area contributed by atoms with Crippen LogP contribution in [0.5, 0.6) is 0 Å². The van der Waals surface area contributed by atoms with Crippen LogP contribution in [-0.2, 0) is 13.0 Å². The maximum atomic E-state index is 12.4. The van der Waals surface area contributed by atoms with E-state index in [0.717, 1.165) is 36.5 Å². The quantitative estimate of drug-likeness (QED) is 0.690. The zero-order valence-electron chi connectivity index (χ0n) is 16.0. The van der Waals surface area contributed by atoms with Crippen molar-refractivity contribution in [1.82, 2.24) is 10.2 Å². The minimum absolute atomic E-state index is 0.00776. The third-order valence-corrected chi connectivity index (χ3v) is 5.20. The van der Waals surface area contributed by atoms with Crippen molar-refractivity contribution >= 4 is 11.7 Å². The molecule has 5 nitrogen and oxygen atoms in total. The molecule has 5 heteroatoms. The normalized spacial score (nSPS) is 14.9. The summed E-state index contributed by atoms with van der Waals surface area (Å²) in [6.45, 7) is 4.27. The summed E-state index contributed by atoms with van der Waals surface area (Å²) >= 11 is 0. The van der Waals surface area contributed by atoms with Crippen molar-refractivity contribution in [2.45, 2.75) is 25.9 Å². The van der Waals surface area contributed by atoms with Crippen LogP contribution in [0.4, 0.5) is 10.5 Å². The molecule has 2 N–H and O–H groups in total. The number of aryl methyl sites for hydroxylation is 1. The van der Waals surface area contributed by atoms with Crippen LogP contribution in [0, 0.1) is 6.92 Å². The van der Waals surface area contributed by atoms with Gasteiger partial charge in [0.2, 0.25) is 0 Å². The number of benzene rings is 2. The number of furan rings is 1. The molecular weight excluding hydrogens is 350 g/mol. The molecule has 0 saturated heterocycles. The zero-order valence-corrected chi connectivity index (χ0v) is 16.0. The molecule has 0 aliphatic carbocycles. The van der Waals surface area contributed by atoms with Gasteiger partial charge in [-0.2, -0.15) is 0 Å². The predicted molar refractivity (Wildman–Crippen MR) is 110 cm³/mol. The van der Waals surface area contributed by atoms with Crippen LogP contribution in [0.1, 0.15) is 28.5 Å². The van der Waals surface area contributed by atoms with E-state index < -0.39 is 0 Å². The lowest BCUT2D eigenvalue weighted by atomic mass is 9.98. The minimum Gasteiger partial charge on any atom is -0.468 e. The first kappa shape index (κ1) is 18.3. The average Bonchev–Trinajstić information content (AvgIpc) is 3.22. The molecule has 1 aliphatic heterocycles. The van der Waals surface area contributed by atoms with Crippen molar-refractivity contribution in [3.63, 3.8) is 0 Å². The molecule has 1 aromatic heterocycles. The summed E-state index contributed by atoms with van der Waals surface area (Å²) in [6.07, 6.45) is 2.69. The topological polar surface area (TPSA) is 57.5 Å². The highest BCUT2D eigenvalue weighted by Crippen LogP contribution is 2.27. The van der Waals surface area contributed by atoms with E-state index >= 15 is 0 Å². The van der Waals surface area contributed by atoms with Crippen molar-refractivity contribution < 1.29 is 9.21 Å². The molecule has 2 aromatic carbocycles. The number of nitrogens with zero attached hydrogens (tertiary/aromatic N) is 1. The Morgan fingerprint density at radius 1 is 1.11 bits per heavy atom. The van der Waals surface area contributed by atoms with E-state index in [1.165, 1.54) is 11.1 Å². The first-order valence-electron chi connectivity index (χ1n) is 9.65. The Morgan fingerprint density at radius 2 is 1.96 bits per heavy atom. The molecule has 0 fully saturated rings. The summed E-state index contributed by atoms with van der Waals surface area (Å²) in [5.74, 6) is 0.871. The number of fused-ring (bicyclic) bond motifs is 1. The molecule has 0 radical (unpaired) electrons.